The Labute approximate surface area is 182 Å². The van der Waals surface area contributed by atoms with Gasteiger partial charge in [-0.15, -0.1) is 0 Å². The summed E-state index contributed by atoms with van der Waals surface area (Å²) in [6, 6.07) is 9.44. The molecule has 0 radical (unpaired) electrons. The summed E-state index contributed by atoms with van der Waals surface area (Å²) in [6.07, 6.45) is -2.69. The Bertz CT molecular complexity index is 963. The van der Waals surface area contributed by atoms with Gasteiger partial charge in [0.05, 0.1) is 5.56 Å². The SMILES string of the molecule is O=C(CCC1(Cc2ccc(Cl)cc2)CCC(=O)N1)NCc1ccc(C(F)(F)F)cc1F. The number of benzene rings is 2. The third-order valence-electron chi connectivity index (χ3n) is 5.38. The Morgan fingerprint density at radius 3 is 2.45 bits per heavy atom. The summed E-state index contributed by atoms with van der Waals surface area (Å²) in [5, 5.41) is 6.10. The van der Waals surface area contributed by atoms with E-state index in [4.69, 9.17) is 11.6 Å². The minimum Gasteiger partial charge on any atom is -0.352 e. The van der Waals surface area contributed by atoms with E-state index < -0.39 is 23.1 Å². The average Bonchev–Trinajstić information content (AvgIpc) is 3.07. The van der Waals surface area contributed by atoms with Crippen molar-refractivity contribution in [2.24, 2.45) is 0 Å². The molecule has 166 valence electrons. The number of halogens is 5. The summed E-state index contributed by atoms with van der Waals surface area (Å²) in [5.41, 5.74) is -0.714. The third-order valence-corrected chi connectivity index (χ3v) is 5.63. The van der Waals surface area contributed by atoms with Crippen LogP contribution in [-0.2, 0) is 28.7 Å². The van der Waals surface area contributed by atoms with Gasteiger partial charge in [-0.3, -0.25) is 9.59 Å². The van der Waals surface area contributed by atoms with Crippen LogP contribution in [0.3, 0.4) is 0 Å². The van der Waals surface area contributed by atoms with Gasteiger partial charge in [0.25, 0.3) is 0 Å². The largest absolute Gasteiger partial charge is 0.416 e. The standard InChI is InChI=1S/C22H21ClF4N2O2/c23-17-5-1-14(2-6-17)12-21(10-8-20(31)29-21)9-7-19(30)28-13-15-3-4-16(11-18(15)24)22(25,26)27/h1-6,11H,7-10,12-13H2,(H,28,30)(H,29,31). The number of amides is 2. The van der Waals surface area contributed by atoms with Crippen LogP contribution in [0.1, 0.15) is 42.4 Å². The normalized spacial score (nSPS) is 18.7. The summed E-state index contributed by atoms with van der Waals surface area (Å²) in [4.78, 5) is 24.1. The zero-order valence-corrected chi connectivity index (χ0v) is 17.2. The van der Waals surface area contributed by atoms with E-state index in [2.05, 4.69) is 10.6 Å². The maximum absolute atomic E-state index is 13.9. The van der Waals surface area contributed by atoms with Crippen LogP contribution in [0.5, 0.6) is 0 Å². The fraction of sp³-hybridized carbons (Fsp3) is 0.364. The van der Waals surface area contributed by atoms with E-state index in [0.717, 1.165) is 17.7 Å². The molecule has 2 amide bonds. The van der Waals surface area contributed by atoms with Crippen LogP contribution < -0.4 is 10.6 Å². The van der Waals surface area contributed by atoms with Gasteiger partial charge in [0.1, 0.15) is 5.82 Å². The lowest BCUT2D eigenvalue weighted by Gasteiger charge is -2.29. The second-order valence-electron chi connectivity index (χ2n) is 7.71. The lowest BCUT2D eigenvalue weighted by Crippen LogP contribution is -2.44. The van der Waals surface area contributed by atoms with Crippen molar-refractivity contribution in [3.05, 3.63) is 70.0 Å². The third kappa shape index (κ3) is 6.19. The number of alkyl halides is 3. The van der Waals surface area contributed by atoms with Crippen molar-refractivity contribution in [2.45, 2.75) is 50.4 Å². The number of carbonyl (C=O) groups is 2. The predicted octanol–water partition coefficient (Wildman–Crippen LogP) is 4.79. The van der Waals surface area contributed by atoms with E-state index in [0.29, 0.717) is 36.8 Å². The molecule has 0 aromatic heterocycles. The summed E-state index contributed by atoms with van der Waals surface area (Å²) in [6.45, 7) is -0.223. The van der Waals surface area contributed by atoms with Crippen molar-refractivity contribution in [3.63, 3.8) is 0 Å². The number of nitrogens with one attached hydrogen (secondary N) is 2. The van der Waals surface area contributed by atoms with Crippen LogP contribution in [0.15, 0.2) is 42.5 Å². The quantitative estimate of drug-likeness (QED) is 0.589. The Morgan fingerprint density at radius 1 is 1.16 bits per heavy atom. The van der Waals surface area contributed by atoms with Gasteiger partial charge in [-0.05, 0) is 49.1 Å². The van der Waals surface area contributed by atoms with E-state index in [9.17, 15) is 27.2 Å². The maximum atomic E-state index is 13.9. The Kier molecular flexibility index (Phi) is 6.89. The van der Waals surface area contributed by atoms with Gasteiger partial charge < -0.3 is 10.6 Å². The van der Waals surface area contributed by atoms with E-state index in [1.165, 1.54) is 0 Å². The first-order valence-corrected chi connectivity index (χ1v) is 10.1. The molecule has 1 saturated heterocycles. The molecule has 4 nitrogen and oxygen atoms in total. The second kappa shape index (κ2) is 9.26. The van der Waals surface area contributed by atoms with Crippen molar-refractivity contribution in [1.29, 1.82) is 0 Å². The zero-order chi connectivity index (χ0) is 22.6. The molecule has 1 fully saturated rings. The Morgan fingerprint density at radius 2 is 1.87 bits per heavy atom. The van der Waals surface area contributed by atoms with Gasteiger partial charge in [0.2, 0.25) is 11.8 Å². The monoisotopic (exact) mass is 456 g/mol. The van der Waals surface area contributed by atoms with Crippen LogP contribution >= 0.6 is 11.6 Å². The number of hydrogen-bond donors (Lipinski definition) is 2. The molecule has 2 N–H and O–H groups in total. The Balaban J connectivity index is 1.58. The molecule has 3 rings (SSSR count). The first kappa shape index (κ1) is 23.1. The molecule has 2 aromatic carbocycles. The summed E-state index contributed by atoms with van der Waals surface area (Å²) in [5.74, 6) is -1.49. The van der Waals surface area contributed by atoms with Gasteiger partial charge in [0.15, 0.2) is 0 Å². The van der Waals surface area contributed by atoms with Gasteiger partial charge >= 0.3 is 6.18 Å². The zero-order valence-electron chi connectivity index (χ0n) is 16.5. The smallest absolute Gasteiger partial charge is 0.352 e. The summed E-state index contributed by atoms with van der Waals surface area (Å²) < 4.78 is 51.8. The second-order valence-corrected chi connectivity index (χ2v) is 8.15. The van der Waals surface area contributed by atoms with Crippen molar-refractivity contribution in [1.82, 2.24) is 10.6 Å². The molecule has 0 spiro atoms. The molecule has 1 aliphatic heterocycles. The minimum absolute atomic E-state index is 0.0357. The van der Waals surface area contributed by atoms with Gasteiger partial charge in [-0.25, -0.2) is 4.39 Å². The molecular weight excluding hydrogens is 436 g/mol. The van der Waals surface area contributed by atoms with Gasteiger partial charge in [0, 0.05) is 35.5 Å². The molecular formula is C22H21ClF4N2O2. The van der Waals surface area contributed by atoms with Crippen molar-refractivity contribution < 1.29 is 27.2 Å². The van der Waals surface area contributed by atoms with E-state index >= 15 is 0 Å². The molecule has 1 atom stereocenters. The van der Waals surface area contributed by atoms with Crippen LogP contribution in [0, 0.1) is 5.82 Å². The van der Waals surface area contributed by atoms with Crippen LogP contribution in [0.25, 0.3) is 0 Å². The molecule has 9 heteroatoms. The van der Waals surface area contributed by atoms with Crippen molar-refractivity contribution in [3.8, 4) is 0 Å². The average molecular weight is 457 g/mol. The van der Waals surface area contributed by atoms with Crippen LogP contribution in [0.2, 0.25) is 5.02 Å². The van der Waals surface area contributed by atoms with Crippen LogP contribution in [0.4, 0.5) is 17.6 Å². The molecule has 0 bridgehead atoms. The van der Waals surface area contributed by atoms with Gasteiger partial charge in [-0.1, -0.05) is 29.8 Å². The first-order chi connectivity index (χ1) is 14.6. The van der Waals surface area contributed by atoms with Crippen LogP contribution in [-0.4, -0.2) is 17.4 Å². The van der Waals surface area contributed by atoms with E-state index in [-0.39, 0.29) is 30.3 Å². The summed E-state index contributed by atoms with van der Waals surface area (Å²) in [7, 11) is 0. The molecule has 0 aliphatic carbocycles. The van der Waals surface area contributed by atoms with E-state index in [1.807, 2.05) is 12.1 Å². The Hall–Kier alpha value is -2.61. The highest BCUT2D eigenvalue weighted by Crippen LogP contribution is 2.31. The topological polar surface area (TPSA) is 58.2 Å². The maximum Gasteiger partial charge on any atom is 0.416 e. The molecule has 31 heavy (non-hydrogen) atoms. The predicted molar refractivity (Wildman–Crippen MR) is 108 cm³/mol. The van der Waals surface area contributed by atoms with E-state index in [1.54, 1.807) is 12.1 Å². The highest BCUT2D eigenvalue weighted by molar-refractivity contribution is 6.30. The number of rotatable bonds is 7. The molecule has 2 aromatic rings. The van der Waals surface area contributed by atoms with Crippen molar-refractivity contribution >= 4 is 23.4 Å². The minimum atomic E-state index is -4.63. The lowest BCUT2D eigenvalue weighted by atomic mass is 9.85. The highest BCUT2D eigenvalue weighted by atomic mass is 35.5. The first-order valence-electron chi connectivity index (χ1n) is 9.74. The number of hydrogen-bond acceptors (Lipinski definition) is 2. The molecule has 0 saturated carbocycles. The summed E-state index contributed by atoms with van der Waals surface area (Å²) >= 11 is 5.91. The lowest BCUT2D eigenvalue weighted by molar-refractivity contribution is -0.137. The van der Waals surface area contributed by atoms with Gasteiger partial charge in [-0.2, -0.15) is 13.2 Å². The fourth-order valence-electron chi connectivity index (χ4n) is 3.68. The van der Waals surface area contributed by atoms with Crippen molar-refractivity contribution in [2.75, 3.05) is 0 Å². The molecule has 1 unspecified atom stereocenters. The highest BCUT2D eigenvalue weighted by Gasteiger charge is 2.38. The molecule has 1 aliphatic rings. The fourth-order valence-corrected chi connectivity index (χ4v) is 3.80. The number of carbonyl (C=O) groups excluding carboxylic acids is 2. The molecule has 1 heterocycles.